The van der Waals surface area contributed by atoms with Crippen molar-refractivity contribution in [1.29, 1.82) is 5.26 Å². The maximum Gasteiger partial charge on any atom is 0.410 e. The van der Waals surface area contributed by atoms with Crippen LogP contribution in [0.1, 0.15) is 40.0 Å². The van der Waals surface area contributed by atoms with E-state index in [9.17, 15) is 10.1 Å². The van der Waals surface area contributed by atoms with Crippen molar-refractivity contribution in [3.8, 4) is 6.07 Å². The standard InChI is InChI=1S/C14H22N2O3/c1-13(2,3)19-12(17)16-7-8-18-11(9-16)14(10-15)5-4-6-14/h11H,4-9H2,1-3H3. The van der Waals surface area contributed by atoms with Crippen LogP contribution in [-0.4, -0.2) is 42.4 Å². The normalized spacial score (nSPS) is 26.2. The minimum Gasteiger partial charge on any atom is -0.444 e. The predicted molar refractivity (Wildman–Crippen MR) is 69.4 cm³/mol. The fraction of sp³-hybridized carbons (Fsp3) is 0.857. The first-order chi connectivity index (χ1) is 8.86. The smallest absolute Gasteiger partial charge is 0.410 e. The molecule has 1 atom stereocenters. The highest BCUT2D eigenvalue weighted by Gasteiger charge is 2.48. The summed E-state index contributed by atoms with van der Waals surface area (Å²) in [6.07, 6.45) is 2.33. The summed E-state index contributed by atoms with van der Waals surface area (Å²) in [6.45, 7) is 7.03. The summed E-state index contributed by atoms with van der Waals surface area (Å²) >= 11 is 0. The summed E-state index contributed by atoms with van der Waals surface area (Å²) in [6, 6.07) is 2.39. The van der Waals surface area contributed by atoms with Crippen molar-refractivity contribution in [2.45, 2.75) is 51.7 Å². The zero-order valence-electron chi connectivity index (χ0n) is 11.9. The second-order valence-electron chi connectivity index (χ2n) is 6.41. The van der Waals surface area contributed by atoms with Crippen LogP contribution >= 0.6 is 0 Å². The summed E-state index contributed by atoms with van der Waals surface area (Å²) in [7, 11) is 0. The molecule has 1 unspecified atom stereocenters. The first-order valence-electron chi connectivity index (χ1n) is 6.87. The summed E-state index contributed by atoms with van der Waals surface area (Å²) in [4.78, 5) is 13.7. The van der Waals surface area contributed by atoms with Gasteiger partial charge in [-0.15, -0.1) is 0 Å². The Labute approximate surface area is 114 Å². The van der Waals surface area contributed by atoms with Gasteiger partial charge in [0.25, 0.3) is 0 Å². The van der Waals surface area contributed by atoms with Gasteiger partial charge in [0, 0.05) is 6.54 Å². The van der Waals surface area contributed by atoms with Crippen molar-refractivity contribution in [1.82, 2.24) is 4.90 Å². The number of amides is 1. The third kappa shape index (κ3) is 3.01. The molecule has 5 heteroatoms. The molecule has 1 aliphatic heterocycles. The van der Waals surface area contributed by atoms with Crippen molar-refractivity contribution in [3.63, 3.8) is 0 Å². The van der Waals surface area contributed by atoms with Crippen LogP contribution in [0.15, 0.2) is 0 Å². The molecule has 19 heavy (non-hydrogen) atoms. The van der Waals surface area contributed by atoms with Gasteiger partial charge in [0.05, 0.1) is 30.7 Å². The van der Waals surface area contributed by atoms with Gasteiger partial charge in [0.15, 0.2) is 0 Å². The monoisotopic (exact) mass is 266 g/mol. The SMILES string of the molecule is CC(C)(C)OC(=O)N1CCOC(C2(C#N)CCC2)C1. The Hall–Kier alpha value is -1.28. The highest BCUT2D eigenvalue weighted by atomic mass is 16.6. The Morgan fingerprint density at radius 2 is 2.16 bits per heavy atom. The molecular weight excluding hydrogens is 244 g/mol. The molecule has 2 fully saturated rings. The van der Waals surface area contributed by atoms with Gasteiger partial charge in [-0.3, -0.25) is 0 Å². The van der Waals surface area contributed by atoms with E-state index < -0.39 is 5.60 Å². The summed E-state index contributed by atoms with van der Waals surface area (Å²) in [5.74, 6) is 0. The van der Waals surface area contributed by atoms with E-state index in [0.29, 0.717) is 19.7 Å². The van der Waals surface area contributed by atoms with Crippen molar-refractivity contribution >= 4 is 6.09 Å². The number of carbonyl (C=O) groups is 1. The molecule has 0 bridgehead atoms. The second-order valence-corrected chi connectivity index (χ2v) is 6.41. The van der Waals surface area contributed by atoms with Crippen molar-refractivity contribution in [3.05, 3.63) is 0 Å². The quantitative estimate of drug-likeness (QED) is 0.730. The number of nitrogens with zero attached hydrogens (tertiary/aromatic N) is 2. The minimum absolute atomic E-state index is 0.174. The van der Waals surface area contributed by atoms with E-state index in [1.165, 1.54) is 0 Å². The third-order valence-electron chi connectivity index (χ3n) is 3.80. The van der Waals surface area contributed by atoms with Crippen LogP contribution in [0, 0.1) is 16.7 Å². The molecule has 0 N–H and O–H groups in total. The van der Waals surface area contributed by atoms with E-state index in [1.807, 2.05) is 20.8 Å². The van der Waals surface area contributed by atoms with Gasteiger partial charge < -0.3 is 14.4 Å². The van der Waals surface area contributed by atoms with E-state index in [4.69, 9.17) is 9.47 Å². The highest BCUT2D eigenvalue weighted by Crippen LogP contribution is 2.45. The minimum atomic E-state index is -0.492. The van der Waals surface area contributed by atoms with E-state index in [0.717, 1.165) is 19.3 Å². The van der Waals surface area contributed by atoms with Crippen molar-refractivity contribution in [2.75, 3.05) is 19.7 Å². The van der Waals surface area contributed by atoms with Gasteiger partial charge in [-0.25, -0.2) is 4.79 Å². The number of carbonyl (C=O) groups excluding carboxylic acids is 1. The summed E-state index contributed by atoms with van der Waals surface area (Å²) in [5, 5.41) is 9.34. The van der Waals surface area contributed by atoms with E-state index >= 15 is 0 Å². The molecule has 2 rings (SSSR count). The van der Waals surface area contributed by atoms with Gasteiger partial charge in [0.1, 0.15) is 5.60 Å². The molecule has 1 saturated carbocycles. The number of morpholine rings is 1. The van der Waals surface area contributed by atoms with Gasteiger partial charge in [-0.1, -0.05) is 6.42 Å². The largest absolute Gasteiger partial charge is 0.444 e. The van der Waals surface area contributed by atoms with E-state index in [2.05, 4.69) is 6.07 Å². The van der Waals surface area contributed by atoms with E-state index in [1.54, 1.807) is 4.90 Å². The molecule has 0 radical (unpaired) electrons. The number of hydrogen-bond donors (Lipinski definition) is 0. The number of nitriles is 1. The Balaban J connectivity index is 1.98. The zero-order valence-corrected chi connectivity index (χ0v) is 11.9. The van der Waals surface area contributed by atoms with Crippen LogP contribution in [0.2, 0.25) is 0 Å². The maximum atomic E-state index is 12.0. The van der Waals surface area contributed by atoms with Crippen molar-refractivity contribution < 1.29 is 14.3 Å². The molecule has 0 aromatic carbocycles. The molecular formula is C14H22N2O3. The molecule has 1 heterocycles. The molecule has 0 aromatic heterocycles. The highest BCUT2D eigenvalue weighted by molar-refractivity contribution is 5.68. The predicted octanol–water partition coefficient (Wildman–Crippen LogP) is 2.32. The lowest BCUT2D eigenvalue weighted by atomic mass is 9.66. The summed E-state index contributed by atoms with van der Waals surface area (Å²) < 4.78 is 11.1. The van der Waals surface area contributed by atoms with Crippen LogP contribution < -0.4 is 0 Å². The first kappa shape index (κ1) is 14.1. The molecule has 0 aromatic rings. The second kappa shape index (κ2) is 5.01. The maximum absolute atomic E-state index is 12.0. The van der Waals surface area contributed by atoms with Crippen LogP contribution in [-0.2, 0) is 9.47 Å². The number of rotatable bonds is 1. The fourth-order valence-electron chi connectivity index (χ4n) is 2.54. The van der Waals surface area contributed by atoms with Crippen molar-refractivity contribution in [2.24, 2.45) is 5.41 Å². The molecule has 1 saturated heterocycles. The van der Waals surface area contributed by atoms with Crippen LogP contribution in [0.5, 0.6) is 0 Å². The fourth-order valence-corrected chi connectivity index (χ4v) is 2.54. The Morgan fingerprint density at radius 1 is 1.47 bits per heavy atom. The average molecular weight is 266 g/mol. The van der Waals surface area contributed by atoms with Gasteiger partial charge in [-0.05, 0) is 33.6 Å². The number of hydrogen-bond acceptors (Lipinski definition) is 4. The Morgan fingerprint density at radius 3 is 2.63 bits per heavy atom. The lowest BCUT2D eigenvalue weighted by Gasteiger charge is -2.45. The van der Waals surface area contributed by atoms with E-state index in [-0.39, 0.29) is 17.6 Å². The molecule has 0 spiro atoms. The molecule has 106 valence electrons. The first-order valence-corrected chi connectivity index (χ1v) is 6.87. The summed E-state index contributed by atoms with van der Waals surface area (Å²) in [5.41, 5.74) is -0.880. The molecule has 1 amide bonds. The van der Waals surface area contributed by atoms with Crippen LogP contribution in [0.3, 0.4) is 0 Å². The Kier molecular flexibility index (Phi) is 3.73. The average Bonchev–Trinajstić information content (AvgIpc) is 2.26. The molecule has 5 nitrogen and oxygen atoms in total. The lowest BCUT2D eigenvalue weighted by Crippen LogP contribution is -2.54. The Bertz CT molecular complexity index is 390. The lowest BCUT2D eigenvalue weighted by molar-refractivity contribution is -0.101. The molecule has 2 aliphatic rings. The van der Waals surface area contributed by atoms with Gasteiger partial charge >= 0.3 is 6.09 Å². The van der Waals surface area contributed by atoms with Gasteiger partial charge in [-0.2, -0.15) is 5.26 Å². The van der Waals surface area contributed by atoms with Crippen LogP contribution in [0.25, 0.3) is 0 Å². The number of ether oxygens (including phenoxy) is 2. The van der Waals surface area contributed by atoms with Gasteiger partial charge in [0.2, 0.25) is 0 Å². The topological polar surface area (TPSA) is 62.6 Å². The van der Waals surface area contributed by atoms with Crippen LogP contribution in [0.4, 0.5) is 4.79 Å². The zero-order chi connectivity index (χ0) is 14.1. The molecule has 1 aliphatic carbocycles. The third-order valence-corrected chi connectivity index (χ3v) is 3.80.